The minimum atomic E-state index is -0.908. The Balaban J connectivity index is 2.86. The van der Waals surface area contributed by atoms with E-state index in [1.54, 1.807) is 6.92 Å². The van der Waals surface area contributed by atoms with Crippen LogP contribution in [0.2, 0.25) is 0 Å². The van der Waals surface area contributed by atoms with E-state index >= 15 is 0 Å². The van der Waals surface area contributed by atoms with Crippen LogP contribution in [0.15, 0.2) is 16.6 Å². The van der Waals surface area contributed by atoms with E-state index in [0.29, 0.717) is 12.2 Å². The minimum absolute atomic E-state index is 0.181. The zero-order valence-corrected chi connectivity index (χ0v) is 14.3. The third-order valence-electron chi connectivity index (χ3n) is 3.25. The predicted molar refractivity (Wildman–Crippen MR) is 86.7 cm³/mol. The Labute approximate surface area is 133 Å². The molecule has 1 aromatic rings. The molecule has 0 heterocycles. The van der Waals surface area contributed by atoms with Crippen LogP contribution in [0.4, 0.5) is 10.5 Å². The summed E-state index contributed by atoms with van der Waals surface area (Å²) in [6.45, 7) is 7.95. The SMILES string of the molecule is CCN(CC(C)C(=O)O)C(=O)Nc1c(C)cc(C)cc1Br. The lowest BCUT2D eigenvalue weighted by Gasteiger charge is -2.24. The normalized spacial score (nSPS) is 11.9. The van der Waals surface area contributed by atoms with E-state index in [4.69, 9.17) is 5.11 Å². The fourth-order valence-corrected chi connectivity index (χ4v) is 2.80. The van der Waals surface area contributed by atoms with Crippen molar-refractivity contribution < 1.29 is 14.7 Å². The van der Waals surface area contributed by atoms with Crippen LogP contribution in [-0.2, 0) is 4.79 Å². The van der Waals surface area contributed by atoms with Gasteiger partial charge in [0.25, 0.3) is 0 Å². The summed E-state index contributed by atoms with van der Waals surface area (Å²) in [7, 11) is 0. The van der Waals surface area contributed by atoms with Crippen LogP contribution in [0.3, 0.4) is 0 Å². The molecular weight excluding hydrogens is 336 g/mol. The number of amides is 2. The fourth-order valence-electron chi connectivity index (χ4n) is 2.02. The second-order valence-electron chi connectivity index (χ2n) is 5.15. The first kappa shape index (κ1) is 17.5. The summed E-state index contributed by atoms with van der Waals surface area (Å²) in [4.78, 5) is 24.7. The highest BCUT2D eigenvalue weighted by molar-refractivity contribution is 9.10. The van der Waals surface area contributed by atoms with Gasteiger partial charge in [-0.2, -0.15) is 0 Å². The van der Waals surface area contributed by atoms with E-state index < -0.39 is 11.9 Å². The Bertz CT molecular complexity index is 523. The first-order chi connectivity index (χ1) is 9.76. The van der Waals surface area contributed by atoms with Gasteiger partial charge >= 0.3 is 12.0 Å². The van der Waals surface area contributed by atoms with E-state index in [0.717, 1.165) is 15.6 Å². The van der Waals surface area contributed by atoms with Gasteiger partial charge in [0.05, 0.1) is 11.6 Å². The number of carboxylic acids is 1. The smallest absolute Gasteiger partial charge is 0.321 e. The molecule has 5 nitrogen and oxygen atoms in total. The first-order valence-corrected chi connectivity index (χ1v) is 7.61. The molecule has 1 aromatic carbocycles. The summed E-state index contributed by atoms with van der Waals surface area (Å²) in [6, 6.07) is 3.62. The van der Waals surface area contributed by atoms with Crippen LogP contribution in [0, 0.1) is 19.8 Å². The molecule has 0 radical (unpaired) electrons. The molecule has 1 unspecified atom stereocenters. The number of hydrogen-bond donors (Lipinski definition) is 2. The minimum Gasteiger partial charge on any atom is -0.481 e. The molecule has 0 aromatic heterocycles. The van der Waals surface area contributed by atoms with Crippen molar-refractivity contribution in [2.45, 2.75) is 27.7 Å². The summed E-state index contributed by atoms with van der Waals surface area (Å²) in [5, 5.41) is 11.8. The maximum atomic E-state index is 12.3. The molecule has 21 heavy (non-hydrogen) atoms. The van der Waals surface area contributed by atoms with E-state index in [1.807, 2.05) is 32.9 Å². The zero-order chi connectivity index (χ0) is 16.2. The Hall–Kier alpha value is -1.56. The topological polar surface area (TPSA) is 69.6 Å². The van der Waals surface area contributed by atoms with Gasteiger partial charge in [-0.1, -0.05) is 13.0 Å². The number of urea groups is 1. The van der Waals surface area contributed by atoms with Crippen molar-refractivity contribution in [1.82, 2.24) is 4.90 Å². The number of hydrogen-bond acceptors (Lipinski definition) is 2. The quantitative estimate of drug-likeness (QED) is 0.845. The van der Waals surface area contributed by atoms with Crippen molar-refractivity contribution in [2.24, 2.45) is 5.92 Å². The molecule has 0 aliphatic carbocycles. The van der Waals surface area contributed by atoms with Crippen molar-refractivity contribution in [3.8, 4) is 0 Å². The van der Waals surface area contributed by atoms with Gasteiger partial charge < -0.3 is 15.3 Å². The van der Waals surface area contributed by atoms with Gasteiger partial charge in [-0.3, -0.25) is 4.79 Å². The number of nitrogens with one attached hydrogen (secondary N) is 1. The van der Waals surface area contributed by atoms with Gasteiger partial charge in [-0.25, -0.2) is 4.79 Å². The summed E-state index contributed by atoms with van der Waals surface area (Å²) in [5.74, 6) is -1.51. The number of aliphatic carboxylic acids is 1. The molecule has 2 amide bonds. The van der Waals surface area contributed by atoms with Gasteiger partial charge in [0.2, 0.25) is 0 Å². The summed E-state index contributed by atoms with van der Waals surface area (Å²) in [5.41, 5.74) is 2.77. The molecule has 0 saturated heterocycles. The third-order valence-corrected chi connectivity index (χ3v) is 3.87. The average molecular weight is 357 g/mol. The molecule has 0 saturated carbocycles. The molecule has 116 valence electrons. The lowest BCUT2D eigenvalue weighted by Crippen LogP contribution is -2.39. The van der Waals surface area contributed by atoms with Crippen LogP contribution in [0.1, 0.15) is 25.0 Å². The van der Waals surface area contributed by atoms with E-state index in [9.17, 15) is 9.59 Å². The number of nitrogens with zero attached hydrogens (tertiary/aromatic N) is 1. The van der Waals surface area contributed by atoms with Gasteiger partial charge in [0.15, 0.2) is 0 Å². The first-order valence-electron chi connectivity index (χ1n) is 6.81. The lowest BCUT2D eigenvalue weighted by molar-refractivity contribution is -0.141. The highest BCUT2D eigenvalue weighted by Crippen LogP contribution is 2.28. The van der Waals surface area contributed by atoms with Gasteiger partial charge in [-0.05, 0) is 53.9 Å². The second kappa shape index (κ2) is 7.45. The largest absolute Gasteiger partial charge is 0.481 e. The summed E-state index contributed by atoms with van der Waals surface area (Å²) in [6.07, 6.45) is 0. The Morgan fingerprint density at radius 3 is 2.48 bits per heavy atom. The number of anilines is 1. The average Bonchev–Trinajstić information content (AvgIpc) is 2.39. The van der Waals surface area contributed by atoms with Crippen LogP contribution < -0.4 is 5.32 Å². The van der Waals surface area contributed by atoms with Gasteiger partial charge in [0.1, 0.15) is 0 Å². The number of carboxylic acid groups (broad SMARTS) is 1. The monoisotopic (exact) mass is 356 g/mol. The van der Waals surface area contributed by atoms with Gasteiger partial charge in [-0.15, -0.1) is 0 Å². The highest BCUT2D eigenvalue weighted by Gasteiger charge is 2.20. The molecule has 0 aliphatic rings. The Morgan fingerprint density at radius 1 is 1.38 bits per heavy atom. The van der Waals surface area contributed by atoms with Crippen molar-refractivity contribution >= 4 is 33.6 Å². The number of halogens is 1. The van der Waals surface area contributed by atoms with Crippen LogP contribution in [0.25, 0.3) is 0 Å². The van der Waals surface area contributed by atoms with Crippen molar-refractivity contribution in [1.29, 1.82) is 0 Å². The van der Waals surface area contributed by atoms with E-state index in [-0.39, 0.29) is 12.6 Å². The second-order valence-corrected chi connectivity index (χ2v) is 6.00. The summed E-state index contributed by atoms with van der Waals surface area (Å²) < 4.78 is 0.815. The van der Waals surface area contributed by atoms with Crippen molar-refractivity contribution in [3.05, 3.63) is 27.7 Å². The summed E-state index contributed by atoms with van der Waals surface area (Å²) >= 11 is 3.44. The molecule has 0 bridgehead atoms. The van der Waals surface area contributed by atoms with Crippen LogP contribution in [0.5, 0.6) is 0 Å². The Morgan fingerprint density at radius 2 is 2.00 bits per heavy atom. The van der Waals surface area contributed by atoms with Crippen LogP contribution in [-0.4, -0.2) is 35.1 Å². The number of rotatable bonds is 5. The third kappa shape index (κ3) is 4.74. The number of benzene rings is 1. The number of carbonyl (C=O) groups excluding carboxylic acids is 1. The molecular formula is C15H21BrN2O3. The molecule has 2 N–H and O–H groups in total. The standard InChI is InChI=1S/C15H21BrN2O3/c1-5-18(8-11(4)14(19)20)15(21)17-13-10(3)6-9(2)7-12(13)16/h6-7,11H,5,8H2,1-4H3,(H,17,21)(H,19,20). The lowest BCUT2D eigenvalue weighted by atomic mass is 10.1. The maximum absolute atomic E-state index is 12.3. The Kier molecular flexibility index (Phi) is 6.20. The maximum Gasteiger partial charge on any atom is 0.321 e. The van der Waals surface area contributed by atoms with Crippen molar-refractivity contribution in [3.63, 3.8) is 0 Å². The molecule has 6 heteroatoms. The molecule has 0 fully saturated rings. The zero-order valence-electron chi connectivity index (χ0n) is 12.7. The highest BCUT2D eigenvalue weighted by atomic mass is 79.9. The van der Waals surface area contributed by atoms with Crippen molar-refractivity contribution in [2.75, 3.05) is 18.4 Å². The number of carbonyl (C=O) groups is 2. The molecule has 1 rings (SSSR count). The molecule has 0 aliphatic heterocycles. The van der Waals surface area contributed by atoms with E-state index in [1.165, 1.54) is 4.90 Å². The van der Waals surface area contributed by atoms with Gasteiger partial charge in [0, 0.05) is 17.6 Å². The molecule has 1 atom stereocenters. The number of aryl methyl sites for hydroxylation is 2. The van der Waals surface area contributed by atoms with E-state index in [2.05, 4.69) is 21.2 Å². The fraction of sp³-hybridized carbons (Fsp3) is 0.467. The molecule has 0 spiro atoms. The predicted octanol–water partition coefficient (Wildman–Crippen LogP) is 3.64. The van der Waals surface area contributed by atoms with Crippen LogP contribution >= 0.6 is 15.9 Å².